The predicted octanol–water partition coefficient (Wildman–Crippen LogP) is 4.81. The van der Waals surface area contributed by atoms with Gasteiger partial charge in [0.15, 0.2) is 15.0 Å². The van der Waals surface area contributed by atoms with Crippen LogP contribution in [0.3, 0.4) is 0 Å². The van der Waals surface area contributed by atoms with E-state index in [0.717, 1.165) is 20.7 Å². The first-order valence-electron chi connectivity index (χ1n) is 9.88. The van der Waals surface area contributed by atoms with E-state index in [4.69, 9.17) is 4.98 Å². The molecule has 6 nitrogen and oxygen atoms in total. The highest BCUT2D eigenvalue weighted by Gasteiger charge is 2.24. The Morgan fingerprint density at radius 2 is 1.88 bits per heavy atom. The molecule has 4 rings (SSSR count). The monoisotopic (exact) mass is 483 g/mol. The van der Waals surface area contributed by atoms with Crippen molar-refractivity contribution >= 4 is 54.2 Å². The highest BCUT2D eigenvalue weighted by molar-refractivity contribution is 7.98. The first kappa shape index (κ1) is 22.4. The van der Waals surface area contributed by atoms with Crippen molar-refractivity contribution in [2.75, 3.05) is 16.9 Å². The van der Waals surface area contributed by atoms with E-state index in [0.29, 0.717) is 5.13 Å². The molecule has 164 valence electrons. The van der Waals surface area contributed by atoms with E-state index in [1.807, 2.05) is 36.6 Å². The molecular formula is C23H21N3O3S3. The molecule has 1 amide bonds. The number of pyridine rings is 1. The highest BCUT2D eigenvalue weighted by atomic mass is 32.2. The number of nitrogens with zero attached hydrogens (tertiary/aromatic N) is 3. The summed E-state index contributed by atoms with van der Waals surface area (Å²) in [5, 5.41) is 0.549. The Morgan fingerprint density at radius 3 is 2.59 bits per heavy atom. The maximum atomic E-state index is 13.3. The van der Waals surface area contributed by atoms with E-state index in [1.165, 1.54) is 11.3 Å². The molecule has 4 aromatic rings. The second kappa shape index (κ2) is 9.81. The third-order valence-corrected chi connectivity index (χ3v) is 8.42. The van der Waals surface area contributed by atoms with Crippen LogP contribution in [-0.4, -0.2) is 36.3 Å². The summed E-state index contributed by atoms with van der Waals surface area (Å²) in [6, 6.07) is 17.8. The van der Waals surface area contributed by atoms with Gasteiger partial charge in [-0.1, -0.05) is 41.7 Å². The second-order valence-electron chi connectivity index (χ2n) is 7.03. The van der Waals surface area contributed by atoms with Crippen LogP contribution < -0.4 is 4.90 Å². The van der Waals surface area contributed by atoms with Gasteiger partial charge in [-0.2, -0.15) is 0 Å². The summed E-state index contributed by atoms with van der Waals surface area (Å²) < 4.78 is 26.3. The van der Waals surface area contributed by atoms with Gasteiger partial charge in [0.2, 0.25) is 5.91 Å². The second-order valence-corrected chi connectivity index (χ2v) is 11.0. The van der Waals surface area contributed by atoms with E-state index in [9.17, 15) is 13.2 Å². The van der Waals surface area contributed by atoms with Crippen molar-refractivity contribution in [3.8, 4) is 0 Å². The maximum Gasteiger partial charge on any atom is 0.230 e. The van der Waals surface area contributed by atoms with Crippen molar-refractivity contribution in [2.24, 2.45) is 0 Å². The zero-order chi connectivity index (χ0) is 22.6. The van der Waals surface area contributed by atoms with Gasteiger partial charge in [-0.05, 0) is 42.2 Å². The molecule has 0 atom stereocenters. The molecule has 0 spiro atoms. The van der Waals surface area contributed by atoms with Crippen LogP contribution in [0.5, 0.6) is 0 Å². The first-order chi connectivity index (χ1) is 15.5. The number of carbonyl (C=O) groups is 1. The number of anilines is 1. The van der Waals surface area contributed by atoms with Crippen molar-refractivity contribution in [1.29, 1.82) is 0 Å². The molecule has 2 aromatic heterocycles. The quantitative estimate of drug-likeness (QED) is 0.335. The molecule has 0 unspecified atom stereocenters. The van der Waals surface area contributed by atoms with Crippen LogP contribution in [0.4, 0.5) is 5.13 Å². The van der Waals surface area contributed by atoms with E-state index in [1.54, 1.807) is 59.4 Å². The minimum Gasteiger partial charge on any atom is -0.284 e. The number of thiazole rings is 1. The van der Waals surface area contributed by atoms with Gasteiger partial charge in [0.25, 0.3) is 0 Å². The predicted molar refractivity (Wildman–Crippen MR) is 130 cm³/mol. The largest absolute Gasteiger partial charge is 0.284 e. The number of thioether (sulfide) groups is 1. The minimum absolute atomic E-state index is 0.136. The number of benzene rings is 2. The Bertz CT molecular complexity index is 1320. The molecule has 0 aliphatic carbocycles. The molecule has 0 aliphatic heterocycles. The topological polar surface area (TPSA) is 80.2 Å². The van der Waals surface area contributed by atoms with Gasteiger partial charge in [-0.25, -0.2) is 13.4 Å². The van der Waals surface area contributed by atoms with E-state index >= 15 is 0 Å². The van der Waals surface area contributed by atoms with Crippen LogP contribution in [0.15, 0.2) is 82.8 Å². The average molecular weight is 484 g/mol. The van der Waals surface area contributed by atoms with E-state index < -0.39 is 9.84 Å². The minimum atomic E-state index is -3.56. The number of aromatic nitrogens is 2. The molecule has 9 heteroatoms. The van der Waals surface area contributed by atoms with Crippen molar-refractivity contribution < 1.29 is 13.2 Å². The van der Waals surface area contributed by atoms with Gasteiger partial charge < -0.3 is 0 Å². The molecule has 0 radical (unpaired) electrons. The van der Waals surface area contributed by atoms with E-state index in [-0.39, 0.29) is 29.5 Å². The van der Waals surface area contributed by atoms with E-state index in [2.05, 4.69) is 4.98 Å². The third-order valence-electron chi connectivity index (χ3n) is 4.87. The molecule has 0 bridgehead atoms. The van der Waals surface area contributed by atoms with Gasteiger partial charge in [-0.15, -0.1) is 11.8 Å². The van der Waals surface area contributed by atoms with Gasteiger partial charge >= 0.3 is 0 Å². The Morgan fingerprint density at radius 1 is 1.06 bits per heavy atom. The first-order valence-corrected chi connectivity index (χ1v) is 13.6. The summed E-state index contributed by atoms with van der Waals surface area (Å²) in [4.78, 5) is 24.9. The van der Waals surface area contributed by atoms with Crippen molar-refractivity contribution in [1.82, 2.24) is 9.97 Å². The number of carbonyl (C=O) groups excluding carboxylic acids is 1. The highest BCUT2D eigenvalue weighted by Crippen LogP contribution is 2.35. The van der Waals surface area contributed by atoms with Crippen LogP contribution in [-0.2, 0) is 21.2 Å². The van der Waals surface area contributed by atoms with Gasteiger partial charge in [0.1, 0.15) is 0 Å². The number of fused-ring (bicyclic) bond motifs is 1. The Kier molecular flexibility index (Phi) is 6.88. The van der Waals surface area contributed by atoms with Crippen molar-refractivity contribution in [2.45, 2.75) is 22.8 Å². The summed E-state index contributed by atoms with van der Waals surface area (Å²) in [5.41, 5.74) is 1.69. The molecule has 2 heterocycles. The third kappa shape index (κ3) is 5.01. The lowest BCUT2D eigenvalue weighted by Gasteiger charge is -2.20. The summed E-state index contributed by atoms with van der Waals surface area (Å²) in [6.07, 6.45) is 5.22. The molecule has 0 saturated heterocycles. The van der Waals surface area contributed by atoms with Crippen LogP contribution in [0.2, 0.25) is 0 Å². The number of para-hydroxylation sites is 1. The molecule has 0 fully saturated rings. The zero-order valence-corrected chi connectivity index (χ0v) is 19.8. The van der Waals surface area contributed by atoms with Crippen LogP contribution in [0.1, 0.15) is 12.0 Å². The van der Waals surface area contributed by atoms with Gasteiger partial charge in [-0.3, -0.25) is 14.7 Å². The van der Waals surface area contributed by atoms with Crippen molar-refractivity contribution in [3.63, 3.8) is 0 Å². The molecule has 2 aromatic carbocycles. The fourth-order valence-corrected chi connectivity index (χ4v) is 6.12. The number of hydrogen-bond donors (Lipinski definition) is 0. The molecule has 0 aliphatic rings. The number of amides is 1. The fraction of sp³-hybridized carbons (Fsp3) is 0.174. The van der Waals surface area contributed by atoms with Gasteiger partial charge in [0, 0.05) is 23.7 Å². The van der Waals surface area contributed by atoms with Crippen LogP contribution in [0.25, 0.3) is 10.2 Å². The Labute approximate surface area is 195 Å². The molecule has 0 N–H and O–H groups in total. The van der Waals surface area contributed by atoms with Gasteiger partial charge in [0.05, 0.1) is 27.4 Å². The standard InChI is InChI=1S/C23H21N3O3S3/c1-30-19-10-5-11-20-22(19)25-23(31-20)26(16-17-7-6-13-24-15-17)21(27)12-14-32(28,29)18-8-3-2-4-9-18/h2-11,13,15H,12,14,16H2,1H3. The molecule has 32 heavy (non-hydrogen) atoms. The maximum absolute atomic E-state index is 13.3. The lowest BCUT2D eigenvalue weighted by Crippen LogP contribution is -2.31. The molecule has 0 saturated carbocycles. The summed E-state index contributed by atoms with van der Waals surface area (Å²) >= 11 is 3.02. The van der Waals surface area contributed by atoms with Crippen molar-refractivity contribution in [3.05, 3.63) is 78.6 Å². The Hall–Kier alpha value is -2.75. The average Bonchev–Trinajstić information content (AvgIpc) is 3.26. The molecular weight excluding hydrogens is 462 g/mol. The Balaban J connectivity index is 1.63. The summed E-state index contributed by atoms with van der Waals surface area (Å²) in [6.45, 7) is 0.270. The number of hydrogen-bond acceptors (Lipinski definition) is 7. The zero-order valence-electron chi connectivity index (χ0n) is 17.3. The lowest BCUT2D eigenvalue weighted by atomic mass is 10.2. The van der Waals surface area contributed by atoms with Crippen LogP contribution >= 0.6 is 23.1 Å². The smallest absolute Gasteiger partial charge is 0.230 e. The summed E-state index contributed by atoms with van der Waals surface area (Å²) in [5.74, 6) is -0.557. The fourth-order valence-electron chi connectivity index (χ4n) is 3.23. The SMILES string of the molecule is CSc1cccc2sc(N(Cc3cccnc3)C(=O)CCS(=O)(=O)c3ccccc3)nc12. The summed E-state index contributed by atoms with van der Waals surface area (Å²) in [7, 11) is -3.56. The number of rotatable bonds is 8. The number of sulfone groups is 1. The van der Waals surface area contributed by atoms with Crippen LogP contribution in [0, 0.1) is 0 Å². The normalized spacial score (nSPS) is 11.5. The lowest BCUT2D eigenvalue weighted by molar-refractivity contribution is -0.118.